The molecule has 0 aliphatic carbocycles. The van der Waals surface area contributed by atoms with E-state index in [0.29, 0.717) is 11.5 Å². The second-order valence-electron chi connectivity index (χ2n) is 5.02. The van der Waals surface area contributed by atoms with Crippen LogP contribution in [0.2, 0.25) is 0 Å². The first-order valence-electron chi connectivity index (χ1n) is 6.42. The summed E-state index contributed by atoms with van der Waals surface area (Å²) in [7, 11) is -3.24. The van der Waals surface area contributed by atoms with Gasteiger partial charge in [0.05, 0.1) is 12.0 Å². The predicted octanol–water partition coefficient (Wildman–Crippen LogP) is 2.42. The summed E-state index contributed by atoms with van der Waals surface area (Å²) in [4.78, 5) is 4.20. The minimum atomic E-state index is -3.24. The Bertz CT molecular complexity index is 649. The molecule has 2 rings (SSSR count). The van der Waals surface area contributed by atoms with Crippen molar-refractivity contribution >= 4 is 10.0 Å². The van der Waals surface area contributed by atoms with Gasteiger partial charge in [-0.1, -0.05) is 13.8 Å². The van der Waals surface area contributed by atoms with Gasteiger partial charge in [0.25, 0.3) is 0 Å². The first-order chi connectivity index (χ1) is 9.46. The molecule has 0 aliphatic heterocycles. The highest BCUT2D eigenvalue weighted by Gasteiger charge is 2.12. The highest BCUT2D eigenvalue weighted by atomic mass is 32.2. The van der Waals surface area contributed by atoms with Crippen molar-refractivity contribution in [2.24, 2.45) is 5.92 Å². The van der Waals surface area contributed by atoms with Crippen molar-refractivity contribution in [3.63, 3.8) is 0 Å². The van der Waals surface area contributed by atoms with E-state index in [1.165, 1.54) is 0 Å². The third-order valence-electron chi connectivity index (χ3n) is 2.65. The molecule has 0 bridgehead atoms. The van der Waals surface area contributed by atoms with Gasteiger partial charge in [-0.05, 0) is 35.7 Å². The van der Waals surface area contributed by atoms with Crippen LogP contribution in [0.3, 0.4) is 0 Å². The van der Waals surface area contributed by atoms with Crippen molar-refractivity contribution in [2.45, 2.75) is 20.4 Å². The highest BCUT2D eigenvalue weighted by Crippen LogP contribution is 2.18. The zero-order chi connectivity index (χ0) is 14.6. The number of nitrogens with zero attached hydrogens (tertiary/aromatic N) is 1. The van der Waals surface area contributed by atoms with Crippen molar-refractivity contribution in [1.82, 2.24) is 9.71 Å². The van der Waals surface area contributed by atoms with Crippen LogP contribution in [0.4, 0.5) is 0 Å². The molecule has 0 saturated carbocycles. The van der Waals surface area contributed by atoms with Gasteiger partial charge in [0.15, 0.2) is 5.76 Å². The van der Waals surface area contributed by atoms with Crippen LogP contribution in [0.5, 0.6) is 0 Å². The second-order valence-corrected chi connectivity index (χ2v) is 6.87. The summed E-state index contributed by atoms with van der Waals surface area (Å²) < 4.78 is 31.4. The fraction of sp³-hybridized carbons (Fsp3) is 0.357. The van der Waals surface area contributed by atoms with Gasteiger partial charge in [-0.25, -0.2) is 13.1 Å². The Kier molecular flexibility index (Phi) is 4.57. The molecule has 0 unspecified atom stereocenters. The van der Waals surface area contributed by atoms with Crippen LogP contribution < -0.4 is 4.72 Å². The van der Waals surface area contributed by atoms with Gasteiger partial charge in [-0.2, -0.15) is 0 Å². The molecule has 2 heterocycles. The number of pyridine rings is 1. The summed E-state index contributed by atoms with van der Waals surface area (Å²) in [6.45, 7) is 4.01. The van der Waals surface area contributed by atoms with E-state index in [4.69, 9.17) is 4.42 Å². The Balaban J connectivity index is 2.06. The Morgan fingerprint density at radius 3 is 2.80 bits per heavy atom. The van der Waals surface area contributed by atoms with Crippen molar-refractivity contribution in [3.05, 3.63) is 42.3 Å². The normalized spacial score (nSPS) is 11.9. The van der Waals surface area contributed by atoms with Gasteiger partial charge < -0.3 is 4.42 Å². The molecular formula is C14H18N2O3S. The van der Waals surface area contributed by atoms with E-state index >= 15 is 0 Å². The molecule has 0 aliphatic rings. The third-order valence-corrected chi connectivity index (χ3v) is 4.34. The van der Waals surface area contributed by atoms with Crippen molar-refractivity contribution < 1.29 is 12.8 Å². The molecular weight excluding hydrogens is 276 g/mol. The maximum Gasteiger partial charge on any atom is 0.212 e. The maximum atomic E-state index is 11.8. The van der Waals surface area contributed by atoms with Crippen molar-refractivity contribution in [2.75, 3.05) is 5.75 Å². The van der Waals surface area contributed by atoms with E-state index in [0.717, 1.165) is 5.56 Å². The van der Waals surface area contributed by atoms with Crippen LogP contribution in [-0.2, 0) is 16.6 Å². The standard InChI is InChI=1S/C14H18N2O3S/c1-11(2)10-20(17,18)16-9-12-5-6-15-13(8-12)14-4-3-7-19-14/h3-8,11,16H,9-10H2,1-2H3. The number of hydrogen-bond acceptors (Lipinski definition) is 4. The van der Waals surface area contributed by atoms with Gasteiger partial charge in [0, 0.05) is 12.7 Å². The van der Waals surface area contributed by atoms with Crippen LogP contribution >= 0.6 is 0 Å². The summed E-state index contributed by atoms with van der Waals surface area (Å²) in [6.07, 6.45) is 3.22. The van der Waals surface area contributed by atoms with Crippen molar-refractivity contribution in [3.8, 4) is 11.5 Å². The number of nitrogens with one attached hydrogen (secondary N) is 1. The van der Waals surface area contributed by atoms with Crippen molar-refractivity contribution in [1.29, 1.82) is 0 Å². The monoisotopic (exact) mass is 294 g/mol. The van der Waals surface area contributed by atoms with Gasteiger partial charge in [-0.3, -0.25) is 4.98 Å². The fourth-order valence-corrected chi connectivity index (χ4v) is 3.22. The van der Waals surface area contributed by atoms with Gasteiger partial charge in [-0.15, -0.1) is 0 Å². The molecule has 2 aromatic heterocycles. The summed E-state index contributed by atoms with van der Waals surface area (Å²) in [5, 5.41) is 0. The van der Waals surface area contributed by atoms with Gasteiger partial charge in [0.1, 0.15) is 5.69 Å². The predicted molar refractivity (Wildman–Crippen MR) is 77.4 cm³/mol. The van der Waals surface area contributed by atoms with E-state index in [1.54, 1.807) is 24.6 Å². The van der Waals surface area contributed by atoms with E-state index in [9.17, 15) is 8.42 Å². The summed E-state index contributed by atoms with van der Waals surface area (Å²) >= 11 is 0. The SMILES string of the molecule is CC(C)CS(=O)(=O)NCc1ccnc(-c2ccco2)c1. The van der Waals surface area contributed by atoms with E-state index in [1.807, 2.05) is 26.0 Å². The first-order valence-corrected chi connectivity index (χ1v) is 8.07. The van der Waals surface area contributed by atoms with Crippen LogP contribution in [0.25, 0.3) is 11.5 Å². The first kappa shape index (κ1) is 14.7. The molecule has 5 nitrogen and oxygen atoms in total. The van der Waals surface area contributed by atoms with Gasteiger partial charge >= 0.3 is 0 Å². The van der Waals surface area contributed by atoms with Gasteiger partial charge in [0.2, 0.25) is 10.0 Å². The molecule has 0 atom stereocenters. The molecule has 6 heteroatoms. The quantitative estimate of drug-likeness (QED) is 0.888. The smallest absolute Gasteiger partial charge is 0.212 e. The average Bonchev–Trinajstić information content (AvgIpc) is 2.89. The largest absolute Gasteiger partial charge is 0.463 e. The number of rotatable bonds is 6. The van der Waals surface area contributed by atoms with E-state index in [-0.39, 0.29) is 18.2 Å². The van der Waals surface area contributed by atoms with Crippen LogP contribution in [0.1, 0.15) is 19.4 Å². The topological polar surface area (TPSA) is 72.2 Å². The Labute approximate surface area is 119 Å². The minimum Gasteiger partial charge on any atom is -0.463 e. The maximum absolute atomic E-state index is 11.8. The summed E-state index contributed by atoms with van der Waals surface area (Å²) in [5.74, 6) is 0.892. The summed E-state index contributed by atoms with van der Waals surface area (Å²) in [5.41, 5.74) is 1.54. The molecule has 0 spiro atoms. The molecule has 0 saturated heterocycles. The Morgan fingerprint density at radius 2 is 2.15 bits per heavy atom. The zero-order valence-electron chi connectivity index (χ0n) is 11.5. The lowest BCUT2D eigenvalue weighted by atomic mass is 10.2. The Hall–Kier alpha value is -1.66. The lowest BCUT2D eigenvalue weighted by Crippen LogP contribution is -2.28. The molecule has 108 valence electrons. The van der Waals surface area contributed by atoms with Crippen LogP contribution in [0.15, 0.2) is 41.1 Å². The molecule has 0 fully saturated rings. The lowest BCUT2D eigenvalue weighted by molar-refractivity contribution is 0.568. The lowest BCUT2D eigenvalue weighted by Gasteiger charge is -2.09. The molecule has 0 radical (unpaired) electrons. The van der Waals surface area contributed by atoms with Crippen LogP contribution in [-0.4, -0.2) is 19.2 Å². The summed E-state index contributed by atoms with van der Waals surface area (Å²) in [6, 6.07) is 7.20. The van der Waals surface area contributed by atoms with E-state index < -0.39 is 10.0 Å². The number of sulfonamides is 1. The Morgan fingerprint density at radius 1 is 1.35 bits per heavy atom. The number of hydrogen-bond donors (Lipinski definition) is 1. The van der Waals surface area contributed by atoms with Crippen LogP contribution in [0, 0.1) is 5.92 Å². The molecule has 0 aromatic carbocycles. The highest BCUT2D eigenvalue weighted by molar-refractivity contribution is 7.89. The molecule has 1 N–H and O–H groups in total. The zero-order valence-corrected chi connectivity index (χ0v) is 12.4. The van der Waals surface area contributed by atoms with E-state index in [2.05, 4.69) is 9.71 Å². The average molecular weight is 294 g/mol. The molecule has 0 amide bonds. The third kappa shape index (κ3) is 4.18. The number of aromatic nitrogens is 1. The minimum absolute atomic E-state index is 0.101. The number of furan rings is 1. The fourth-order valence-electron chi connectivity index (χ4n) is 1.83. The molecule has 2 aromatic rings. The second kappa shape index (κ2) is 6.19. The molecule has 20 heavy (non-hydrogen) atoms.